The smallest absolute Gasteiger partial charge is 0.273 e. The van der Waals surface area contributed by atoms with Crippen molar-refractivity contribution in [3.8, 4) is 0 Å². The topological polar surface area (TPSA) is 84.3 Å². The maximum atomic E-state index is 13.6. The third kappa shape index (κ3) is 3.95. The minimum absolute atomic E-state index is 0.124. The number of nitrogens with zero attached hydrogens (tertiary/aromatic N) is 1. The van der Waals surface area contributed by atoms with Gasteiger partial charge in [-0.25, -0.2) is 8.78 Å². The summed E-state index contributed by atoms with van der Waals surface area (Å²) in [5, 5.41) is 17.1. The van der Waals surface area contributed by atoms with Gasteiger partial charge in [0.2, 0.25) is 0 Å². The fourth-order valence-electron chi connectivity index (χ4n) is 3.47. The molecule has 142 valence electrons. The number of nitrogens with one attached hydrogen (secondary N) is 2. The number of hydrogen-bond donors (Lipinski definition) is 2. The molecule has 27 heavy (non-hydrogen) atoms. The molecule has 2 aromatic rings. The van der Waals surface area contributed by atoms with Crippen molar-refractivity contribution in [3.05, 3.63) is 74.8 Å². The lowest BCUT2D eigenvalue weighted by atomic mass is 9.85. The lowest BCUT2D eigenvalue weighted by Crippen LogP contribution is -2.50. The number of nitro groups is 1. The van der Waals surface area contributed by atoms with Crippen LogP contribution in [0, 0.1) is 28.7 Å². The first-order valence-corrected chi connectivity index (χ1v) is 8.59. The highest BCUT2D eigenvalue weighted by Gasteiger charge is 2.29. The molecule has 2 aromatic carbocycles. The van der Waals surface area contributed by atoms with Gasteiger partial charge >= 0.3 is 0 Å². The normalized spacial score (nSPS) is 19.5. The average molecular weight is 375 g/mol. The van der Waals surface area contributed by atoms with Crippen molar-refractivity contribution < 1.29 is 18.5 Å². The fraction of sp³-hybridized carbons (Fsp3) is 0.316. The highest BCUT2D eigenvalue weighted by molar-refractivity contribution is 5.96. The van der Waals surface area contributed by atoms with Gasteiger partial charge in [-0.05, 0) is 43.7 Å². The van der Waals surface area contributed by atoms with Crippen molar-refractivity contribution in [2.75, 3.05) is 13.1 Å². The molecule has 3 rings (SSSR count). The molecule has 0 aromatic heterocycles. The first kappa shape index (κ1) is 18.9. The number of amides is 1. The average Bonchev–Trinajstić information content (AvgIpc) is 2.64. The summed E-state index contributed by atoms with van der Waals surface area (Å²) in [6.07, 6.45) is 0.643. The number of hydrogen-bond acceptors (Lipinski definition) is 4. The lowest BCUT2D eigenvalue weighted by Gasteiger charge is -2.33. The van der Waals surface area contributed by atoms with E-state index in [-0.39, 0.29) is 28.8 Å². The van der Waals surface area contributed by atoms with Gasteiger partial charge in [-0.3, -0.25) is 14.9 Å². The second-order valence-corrected chi connectivity index (χ2v) is 6.56. The van der Waals surface area contributed by atoms with Gasteiger partial charge in [0.1, 0.15) is 0 Å². The summed E-state index contributed by atoms with van der Waals surface area (Å²) in [7, 11) is 0. The van der Waals surface area contributed by atoms with E-state index in [2.05, 4.69) is 10.6 Å². The van der Waals surface area contributed by atoms with Gasteiger partial charge < -0.3 is 10.6 Å². The highest BCUT2D eigenvalue weighted by atomic mass is 19.2. The van der Waals surface area contributed by atoms with Crippen LogP contribution in [0.2, 0.25) is 0 Å². The molecule has 1 saturated heterocycles. The zero-order valence-corrected chi connectivity index (χ0v) is 14.7. The second kappa shape index (κ2) is 7.79. The minimum Gasteiger partial charge on any atom is -0.347 e. The van der Waals surface area contributed by atoms with E-state index >= 15 is 0 Å². The van der Waals surface area contributed by atoms with Crippen molar-refractivity contribution in [2.45, 2.75) is 25.3 Å². The predicted octanol–water partition coefficient (Wildman–Crippen LogP) is 3.06. The molecule has 0 bridgehead atoms. The largest absolute Gasteiger partial charge is 0.347 e. The Morgan fingerprint density at radius 1 is 1.26 bits per heavy atom. The Labute approximate surface area is 154 Å². The first-order chi connectivity index (χ1) is 12.9. The maximum absolute atomic E-state index is 13.6. The Kier molecular flexibility index (Phi) is 5.46. The number of piperidine rings is 1. The monoisotopic (exact) mass is 375 g/mol. The summed E-state index contributed by atoms with van der Waals surface area (Å²) in [5.41, 5.74) is 0.991. The number of benzene rings is 2. The number of rotatable bonds is 4. The molecule has 0 aliphatic carbocycles. The second-order valence-electron chi connectivity index (χ2n) is 6.56. The molecule has 8 heteroatoms. The number of nitro benzene ring substituents is 1. The lowest BCUT2D eigenvalue weighted by molar-refractivity contribution is -0.385. The molecule has 2 atom stereocenters. The third-order valence-electron chi connectivity index (χ3n) is 4.92. The molecule has 2 unspecified atom stereocenters. The Morgan fingerprint density at radius 2 is 2.04 bits per heavy atom. The summed E-state index contributed by atoms with van der Waals surface area (Å²) < 4.78 is 26.8. The van der Waals surface area contributed by atoms with Crippen LogP contribution in [0.25, 0.3) is 0 Å². The number of carbonyl (C=O) groups is 1. The number of halogens is 2. The molecule has 1 aliphatic heterocycles. The van der Waals surface area contributed by atoms with Gasteiger partial charge in [0.25, 0.3) is 11.6 Å². The highest BCUT2D eigenvalue weighted by Crippen LogP contribution is 2.28. The Morgan fingerprint density at radius 3 is 2.74 bits per heavy atom. The molecule has 1 fully saturated rings. The van der Waals surface area contributed by atoms with Crippen LogP contribution >= 0.6 is 0 Å². The Balaban J connectivity index is 1.84. The minimum atomic E-state index is -0.925. The SMILES string of the molecule is Cc1c(C(=O)NC2CNCCC2c2ccc(F)c(F)c2)cccc1[N+](=O)[O-]. The fourth-order valence-corrected chi connectivity index (χ4v) is 3.47. The summed E-state index contributed by atoms with van der Waals surface area (Å²) in [5.74, 6) is -2.46. The van der Waals surface area contributed by atoms with Gasteiger partial charge in [-0.2, -0.15) is 0 Å². The van der Waals surface area contributed by atoms with E-state index in [1.165, 1.54) is 31.2 Å². The van der Waals surface area contributed by atoms with Gasteiger partial charge in [0.15, 0.2) is 11.6 Å². The number of carbonyl (C=O) groups excluding carboxylic acids is 1. The Bertz CT molecular complexity index is 888. The molecule has 0 spiro atoms. The zero-order valence-electron chi connectivity index (χ0n) is 14.7. The standard InChI is InChI=1S/C19H19F2N3O3/c1-11-13(3-2-4-18(11)24(26)27)19(25)23-17-10-22-8-7-14(17)12-5-6-15(20)16(21)9-12/h2-6,9,14,17,22H,7-8,10H2,1H3,(H,23,25). The van der Waals surface area contributed by atoms with Crippen LogP contribution in [0.3, 0.4) is 0 Å². The molecule has 1 aliphatic rings. The van der Waals surface area contributed by atoms with Crippen LogP contribution in [0.1, 0.15) is 33.8 Å². The van der Waals surface area contributed by atoms with Gasteiger partial charge in [0, 0.05) is 35.7 Å². The van der Waals surface area contributed by atoms with E-state index in [4.69, 9.17) is 0 Å². The molecule has 0 radical (unpaired) electrons. The molecule has 2 N–H and O–H groups in total. The van der Waals surface area contributed by atoms with Crippen LogP contribution < -0.4 is 10.6 Å². The van der Waals surface area contributed by atoms with E-state index in [1.54, 1.807) is 0 Å². The quantitative estimate of drug-likeness (QED) is 0.635. The molecule has 6 nitrogen and oxygen atoms in total. The van der Waals surface area contributed by atoms with Crippen molar-refractivity contribution in [1.29, 1.82) is 0 Å². The first-order valence-electron chi connectivity index (χ1n) is 8.59. The third-order valence-corrected chi connectivity index (χ3v) is 4.92. The van der Waals surface area contributed by atoms with E-state index in [0.717, 1.165) is 12.1 Å². The van der Waals surface area contributed by atoms with Crippen LogP contribution in [0.5, 0.6) is 0 Å². The Hall–Kier alpha value is -2.87. The van der Waals surface area contributed by atoms with Crippen LogP contribution in [-0.2, 0) is 0 Å². The van der Waals surface area contributed by atoms with E-state index < -0.39 is 22.5 Å². The van der Waals surface area contributed by atoms with Crippen molar-refractivity contribution in [1.82, 2.24) is 10.6 Å². The summed E-state index contributed by atoms with van der Waals surface area (Å²) >= 11 is 0. The molecule has 1 amide bonds. The van der Waals surface area contributed by atoms with E-state index in [9.17, 15) is 23.7 Å². The van der Waals surface area contributed by atoms with E-state index in [1.807, 2.05) is 0 Å². The summed E-state index contributed by atoms with van der Waals surface area (Å²) in [6.45, 7) is 2.67. The van der Waals surface area contributed by atoms with Gasteiger partial charge in [-0.1, -0.05) is 12.1 Å². The van der Waals surface area contributed by atoms with Crippen molar-refractivity contribution in [2.24, 2.45) is 0 Å². The van der Waals surface area contributed by atoms with Crippen molar-refractivity contribution in [3.63, 3.8) is 0 Å². The summed E-state index contributed by atoms with van der Waals surface area (Å²) in [4.78, 5) is 23.3. The van der Waals surface area contributed by atoms with Gasteiger partial charge in [0.05, 0.1) is 4.92 Å². The molecule has 0 saturated carbocycles. The van der Waals surface area contributed by atoms with Crippen LogP contribution in [-0.4, -0.2) is 30.0 Å². The van der Waals surface area contributed by atoms with E-state index in [0.29, 0.717) is 25.1 Å². The van der Waals surface area contributed by atoms with Crippen LogP contribution in [0.4, 0.5) is 14.5 Å². The predicted molar refractivity (Wildman–Crippen MR) is 95.7 cm³/mol. The van der Waals surface area contributed by atoms with Gasteiger partial charge in [-0.15, -0.1) is 0 Å². The van der Waals surface area contributed by atoms with Crippen LogP contribution in [0.15, 0.2) is 36.4 Å². The zero-order chi connectivity index (χ0) is 19.6. The molecule has 1 heterocycles. The van der Waals surface area contributed by atoms with Crippen molar-refractivity contribution >= 4 is 11.6 Å². The summed E-state index contributed by atoms with van der Waals surface area (Å²) in [6, 6.07) is 7.74. The molecular formula is C19H19F2N3O3. The maximum Gasteiger partial charge on any atom is 0.273 e. The molecular weight excluding hydrogens is 356 g/mol.